The van der Waals surface area contributed by atoms with Gasteiger partial charge in [0.05, 0.1) is 10.9 Å². The highest BCUT2D eigenvalue weighted by Gasteiger charge is 2.36. The van der Waals surface area contributed by atoms with Crippen LogP contribution in [0.4, 0.5) is 24.7 Å². The van der Waals surface area contributed by atoms with Crippen LogP contribution in [0.15, 0.2) is 24.3 Å². The molecule has 0 aliphatic rings. The highest BCUT2D eigenvalue weighted by atomic mass is 19.4. The Balaban J connectivity index is 2.15. The predicted molar refractivity (Wildman–Crippen MR) is 85.0 cm³/mol. The summed E-state index contributed by atoms with van der Waals surface area (Å²) in [6.45, 7) is 3.40. The van der Waals surface area contributed by atoms with Gasteiger partial charge in [0.25, 0.3) is 0 Å². The standard InChI is InChI=1S/C16H13F3N4O2/c1-7-3-4-9(14(24)25)6-11(7)21-13-10-5-8(2)20-12(10)22-15(23-13)16(17,18)19/h3-6H,1-2H3,(H,24,25)(H2,20,21,22,23). The summed E-state index contributed by atoms with van der Waals surface area (Å²) >= 11 is 0. The number of hydrogen-bond acceptors (Lipinski definition) is 4. The molecule has 2 heterocycles. The number of nitrogens with zero attached hydrogens (tertiary/aromatic N) is 2. The number of rotatable bonds is 3. The van der Waals surface area contributed by atoms with Gasteiger partial charge in [0.2, 0.25) is 5.82 Å². The molecule has 1 aromatic carbocycles. The van der Waals surface area contributed by atoms with E-state index in [9.17, 15) is 18.0 Å². The van der Waals surface area contributed by atoms with E-state index in [2.05, 4.69) is 20.3 Å². The van der Waals surface area contributed by atoms with Crippen molar-refractivity contribution in [3.05, 3.63) is 46.9 Å². The van der Waals surface area contributed by atoms with Crippen LogP contribution in [0.25, 0.3) is 11.0 Å². The third-order valence-electron chi connectivity index (χ3n) is 3.61. The van der Waals surface area contributed by atoms with Crippen LogP contribution in [-0.2, 0) is 6.18 Å². The smallest absolute Gasteiger partial charge is 0.451 e. The minimum Gasteiger partial charge on any atom is -0.478 e. The molecule has 9 heteroatoms. The number of fused-ring (bicyclic) bond motifs is 1. The van der Waals surface area contributed by atoms with Crippen LogP contribution in [0.2, 0.25) is 0 Å². The van der Waals surface area contributed by atoms with E-state index in [0.29, 0.717) is 22.3 Å². The van der Waals surface area contributed by atoms with Gasteiger partial charge in [-0.2, -0.15) is 13.2 Å². The first-order valence-electron chi connectivity index (χ1n) is 7.20. The number of H-pyrrole nitrogens is 1. The monoisotopic (exact) mass is 350 g/mol. The molecule has 6 nitrogen and oxygen atoms in total. The Labute approximate surface area is 139 Å². The largest absolute Gasteiger partial charge is 0.478 e. The van der Waals surface area contributed by atoms with Crippen LogP contribution in [0.3, 0.4) is 0 Å². The molecule has 0 saturated heterocycles. The summed E-state index contributed by atoms with van der Waals surface area (Å²) in [5.74, 6) is -2.46. The Kier molecular flexibility index (Phi) is 3.86. The Hall–Kier alpha value is -3.10. The van der Waals surface area contributed by atoms with Gasteiger partial charge in [-0.05, 0) is 37.6 Å². The fraction of sp³-hybridized carbons (Fsp3) is 0.188. The number of aromatic carboxylic acids is 1. The molecular formula is C16H13F3N4O2. The van der Waals surface area contributed by atoms with E-state index in [1.165, 1.54) is 12.1 Å². The first kappa shape index (κ1) is 16.7. The van der Waals surface area contributed by atoms with Crippen molar-refractivity contribution in [3.63, 3.8) is 0 Å². The predicted octanol–water partition coefficient (Wildman–Crippen LogP) is 4.04. The lowest BCUT2D eigenvalue weighted by Gasteiger charge is -2.12. The zero-order chi connectivity index (χ0) is 18.4. The van der Waals surface area contributed by atoms with Crippen molar-refractivity contribution in [2.45, 2.75) is 20.0 Å². The number of carboxylic acids is 1. The minimum atomic E-state index is -4.71. The van der Waals surface area contributed by atoms with Crippen molar-refractivity contribution in [3.8, 4) is 0 Å². The highest BCUT2D eigenvalue weighted by molar-refractivity contribution is 5.92. The van der Waals surface area contributed by atoms with Gasteiger partial charge in [0.1, 0.15) is 11.5 Å². The molecule has 0 fully saturated rings. The van der Waals surface area contributed by atoms with E-state index in [0.717, 1.165) is 0 Å². The Morgan fingerprint density at radius 2 is 1.92 bits per heavy atom. The van der Waals surface area contributed by atoms with Gasteiger partial charge in [-0.3, -0.25) is 0 Å². The molecule has 2 aromatic heterocycles. The lowest BCUT2D eigenvalue weighted by molar-refractivity contribution is -0.144. The molecule has 0 unspecified atom stereocenters. The molecule has 0 aliphatic carbocycles. The minimum absolute atomic E-state index is 0.0136. The molecule has 0 radical (unpaired) electrons. The lowest BCUT2D eigenvalue weighted by Crippen LogP contribution is -2.12. The number of aryl methyl sites for hydroxylation is 2. The summed E-state index contributed by atoms with van der Waals surface area (Å²) in [5, 5.41) is 12.3. The van der Waals surface area contributed by atoms with Crippen LogP contribution in [0.5, 0.6) is 0 Å². The zero-order valence-electron chi connectivity index (χ0n) is 13.2. The molecule has 0 saturated carbocycles. The van der Waals surface area contributed by atoms with Crippen LogP contribution in [0, 0.1) is 13.8 Å². The molecule has 0 amide bonds. The number of alkyl halides is 3. The third kappa shape index (κ3) is 3.25. The van der Waals surface area contributed by atoms with E-state index in [-0.39, 0.29) is 17.0 Å². The van der Waals surface area contributed by atoms with Gasteiger partial charge < -0.3 is 15.4 Å². The summed E-state index contributed by atoms with van der Waals surface area (Å²) in [4.78, 5) is 21.0. The van der Waals surface area contributed by atoms with E-state index >= 15 is 0 Å². The molecule has 130 valence electrons. The van der Waals surface area contributed by atoms with Crippen LogP contribution >= 0.6 is 0 Å². The number of nitrogens with one attached hydrogen (secondary N) is 2. The second-order valence-corrected chi connectivity index (χ2v) is 5.57. The number of anilines is 2. The summed E-state index contributed by atoms with van der Waals surface area (Å²) in [7, 11) is 0. The SMILES string of the molecule is Cc1cc2c(Nc3cc(C(=O)O)ccc3C)nc(C(F)(F)F)nc2[nH]1. The molecule has 0 spiro atoms. The van der Waals surface area contributed by atoms with E-state index < -0.39 is 18.0 Å². The maximum absolute atomic E-state index is 13.0. The van der Waals surface area contributed by atoms with Crippen molar-refractivity contribution < 1.29 is 23.1 Å². The van der Waals surface area contributed by atoms with Gasteiger partial charge in [0.15, 0.2) is 0 Å². The third-order valence-corrected chi connectivity index (χ3v) is 3.61. The average molecular weight is 350 g/mol. The van der Waals surface area contributed by atoms with Crippen molar-refractivity contribution >= 4 is 28.5 Å². The molecule has 3 rings (SSSR count). The summed E-state index contributed by atoms with van der Waals surface area (Å²) in [6, 6.07) is 5.95. The topological polar surface area (TPSA) is 90.9 Å². The number of halogens is 3. The van der Waals surface area contributed by atoms with Gasteiger partial charge >= 0.3 is 12.1 Å². The number of aromatic nitrogens is 3. The number of carbonyl (C=O) groups is 1. The second-order valence-electron chi connectivity index (χ2n) is 5.57. The first-order chi connectivity index (χ1) is 11.6. The van der Waals surface area contributed by atoms with E-state index in [1.54, 1.807) is 26.0 Å². The lowest BCUT2D eigenvalue weighted by atomic mass is 10.1. The molecular weight excluding hydrogens is 337 g/mol. The Morgan fingerprint density at radius 3 is 2.56 bits per heavy atom. The normalized spacial score (nSPS) is 11.7. The van der Waals surface area contributed by atoms with Crippen molar-refractivity contribution in [1.29, 1.82) is 0 Å². The molecule has 3 N–H and O–H groups in total. The van der Waals surface area contributed by atoms with Gasteiger partial charge in [-0.15, -0.1) is 0 Å². The quantitative estimate of drug-likeness (QED) is 0.663. The van der Waals surface area contributed by atoms with Crippen LogP contribution < -0.4 is 5.32 Å². The van der Waals surface area contributed by atoms with Crippen molar-refractivity contribution in [2.24, 2.45) is 0 Å². The average Bonchev–Trinajstić information content (AvgIpc) is 2.88. The number of carboxylic acid groups (broad SMARTS) is 1. The fourth-order valence-electron chi connectivity index (χ4n) is 2.38. The second kappa shape index (κ2) is 5.76. The van der Waals surface area contributed by atoms with Crippen molar-refractivity contribution in [1.82, 2.24) is 15.0 Å². The summed E-state index contributed by atoms with van der Waals surface area (Å²) in [5.41, 5.74) is 1.71. The fourth-order valence-corrected chi connectivity index (χ4v) is 2.38. The van der Waals surface area contributed by atoms with Gasteiger partial charge in [0, 0.05) is 11.4 Å². The first-order valence-corrected chi connectivity index (χ1v) is 7.20. The Morgan fingerprint density at radius 1 is 1.20 bits per heavy atom. The maximum atomic E-state index is 13.0. The number of benzene rings is 1. The highest BCUT2D eigenvalue weighted by Crippen LogP contribution is 2.32. The van der Waals surface area contributed by atoms with Gasteiger partial charge in [-0.1, -0.05) is 6.07 Å². The number of aromatic amines is 1. The molecule has 25 heavy (non-hydrogen) atoms. The van der Waals surface area contributed by atoms with E-state index in [1.807, 2.05) is 0 Å². The van der Waals surface area contributed by atoms with Crippen LogP contribution in [-0.4, -0.2) is 26.0 Å². The van der Waals surface area contributed by atoms with Crippen LogP contribution in [0.1, 0.15) is 27.4 Å². The summed E-state index contributed by atoms with van der Waals surface area (Å²) in [6.07, 6.45) is -4.71. The maximum Gasteiger partial charge on any atom is 0.451 e. The molecule has 0 bridgehead atoms. The molecule has 0 aliphatic heterocycles. The van der Waals surface area contributed by atoms with Gasteiger partial charge in [-0.25, -0.2) is 14.8 Å². The Bertz CT molecular complexity index is 979. The number of hydrogen-bond donors (Lipinski definition) is 3. The van der Waals surface area contributed by atoms with E-state index in [4.69, 9.17) is 5.11 Å². The molecule has 3 aromatic rings. The van der Waals surface area contributed by atoms with Crippen molar-refractivity contribution in [2.75, 3.05) is 5.32 Å². The summed E-state index contributed by atoms with van der Waals surface area (Å²) < 4.78 is 39.1. The zero-order valence-corrected chi connectivity index (χ0v) is 13.2. The molecule has 0 atom stereocenters.